The van der Waals surface area contributed by atoms with Crippen molar-refractivity contribution >= 4 is 23.3 Å². The molecule has 0 bridgehead atoms. The van der Waals surface area contributed by atoms with Crippen LogP contribution in [0.15, 0.2) is 16.8 Å². The van der Waals surface area contributed by atoms with Crippen molar-refractivity contribution in [1.82, 2.24) is 4.90 Å². The Morgan fingerprint density at radius 3 is 2.60 bits per heavy atom. The summed E-state index contributed by atoms with van der Waals surface area (Å²) >= 11 is 1.61. The van der Waals surface area contributed by atoms with Crippen LogP contribution >= 0.6 is 11.3 Å². The van der Waals surface area contributed by atoms with Crippen molar-refractivity contribution in [2.24, 2.45) is 0 Å². The van der Waals surface area contributed by atoms with Gasteiger partial charge in [0.05, 0.1) is 13.1 Å². The van der Waals surface area contributed by atoms with E-state index in [1.807, 2.05) is 28.7 Å². The van der Waals surface area contributed by atoms with Crippen molar-refractivity contribution in [3.63, 3.8) is 0 Å². The highest BCUT2D eigenvalue weighted by atomic mass is 32.1. The molecule has 1 unspecified atom stereocenters. The molecule has 2 heterocycles. The minimum atomic E-state index is -0.465. The molecular formula is C10H11NO3S. The summed E-state index contributed by atoms with van der Waals surface area (Å²) in [5, 5.41) is 4.00. The summed E-state index contributed by atoms with van der Waals surface area (Å²) in [5.41, 5.74) is 1.13. The Kier molecular flexibility index (Phi) is 2.83. The van der Waals surface area contributed by atoms with Crippen LogP contribution in [-0.2, 0) is 14.3 Å². The normalized spacial score (nSPS) is 20.1. The zero-order chi connectivity index (χ0) is 10.8. The lowest BCUT2D eigenvalue weighted by Gasteiger charge is -2.29. The van der Waals surface area contributed by atoms with Crippen LogP contribution in [0.5, 0.6) is 0 Å². The van der Waals surface area contributed by atoms with Crippen molar-refractivity contribution in [1.29, 1.82) is 0 Å². The first-order chi connectivity index (χ1) is 7.16. The molecule has 4 nitrogen and oxygen atoms in total. The summed E-state index contributed by atoms with van der Waals surface area (Å²) in [5.74, 6) is -0.929. The number of carbonyl (C=O) groups excluding carboxylic acids is 2. The second-order valence-electron chi connectivity index (χ2n) is 3.48. The molecule has 0 amide bonds. The maximum Gasteiger partial charge on any atom is 0.327 e. The Labute approximate surface area is 91.5 Å². The first-order valence-electron chi connectivity index (χ1n) is 4.66. The second kappa shape index (κ2) is 4.12. The molecule has 0 aromatic carbocycles. The Bertz CT molecular complexity index is 358. The molecule has 0 aliphatic carbocycles. The van der Waals surface area contributed by atoms with E-state index in [9.17, 15) is 9.59 Å². The average molecular weight is 225 g/mol. The average Bonchev–Trinajstić information content (AvgIpc) is 2.67. The van der Waals surface area contributed by atoms with Gasteiger partial charge < -0.3 is 4.74 Å². The van der Waals surface area contributed by atoms with E-state index >= 15 is 0 Å². The van der Waals surface area contributed by atoms with Crippen LogP contribution in [0.2, 0.25) is 0 Å². The van der Waals surface area contributed by atoms with Gasteiger partial charge in [0.15, 0.2) is 0 Å². The highest BCUT2D eigenvalue weighted by Gasteiger charge is 2.28. The summed E-state index contributed by atoms with van der Waals surface area (Å²) in [6.07, 6.45) is 0. The smallest absolute Gasteiger partial charge is 0.327 e. The molecule has 15 heavy (non-hydrogen) atoms. The fourth-order valence-corrected chi connectivity index (χ4v) is 2.32. The summed E-state index contributed by atoms with van der Waals surface area (Å²) in [7, 11) is 0. The van der Waals surface area contributed by atoms with Gasteiger partial charge in [-0.1, -0.05) is 0 Å². The Morgan fingerprint density at radius 2 is 2.07 bits per heavy atom. The first-order valence-corrected chi connectivity index (χ1v) is 5.61. The van der Waals surface area contributed by atoms with Gasteiger partial charge in [-0.2, -0.15) is 11.3 Å². The van der Waals surface area contributed by atoms with Gasteiger partial charge >= 0.3 is 11.9 Å². The predicted molar refractivity (Wildman–Crippen MR) is 55.4 cm³/mol. The van der Waals surface area contributed by atoms with Gasteiger partial charge in [-0.15, -0.1) is 0 Å². The third-order valence-corrected chi connectivity index (χ3v) is 3.17. The minimum Gasteiger partial charge on any atom is -0.391 e. The van der Waals surface area contributed by atoms with Gasteiger partial charge in [0.25, 0.3) is 0 Å². The van der Waals surface area contributed by atoms with E-state index in [4.69, 9.17) is 0 Å². The number of thiophene rings is 1. The monoisotopic (exact) mass is 225 g/mol. The van der Waals surface area contributed by atoms with Crippen LogP contribution in [0.1, 0.15) is 18.5 Å². The summed E-state index contributed by atoms with van der Waals surface area (Å²) < 4.78 is 4.47. The van der Waals surface area contributed by atoms with Crippen LogP contribution in [0.4, 0.5) is 0 Å². The molecule has 2 rings (SSSR count). The number of hydrogen-bond donors (Lipinski definition) is 0. The van der Waals surface area contributed by atoms with Crippen LogP contribution in [0.3, 0.4) is 0 Å². The molecule has 80 valence electrons. The molecule has 1 atom stereocenters. The molecule has 0 saturated carbocycles. The van der Waals surface area contributed by atoms with Crippen LogP contribution < -0.4 is 0 Å². The number of cyclic esters (lactones) is 2. The van der Waals surface area contributed by atoms with Crippen molar-refractivity contribution in [2.75, 3.05) is 13.1 Å². The van der Waals surface area contributed by atoms with E-state index in [0.717, 1.165) is 5.56 Å². The molecule has 0 spiro atoms. The fraction of sp³-hybridized carbons (Fsp3) is 0.400. The molecule has 5 heteroatoms. The number of carbonyl (C=O) groups is 2. The quantitative estimate of drug-likeness (QED) is 0.560. The molecule has 1 saturated heterocycles. The van der Waals surface area contributed by atoms with Gasteiger partial charge in [-0.3, -0.25) is 14.5 Å². The van der Waals surface area contributed by atoms with Crippen molar-refractivity contribution < 1.29 is 14.3 Å². The number of ether oxygens (including phenoxy) is 1. The lowest BCUT2D eigenvalue weighted by atomic mass is 10.1. The van der Waals surface area contributed by atoms with Crippen molar-refractivity contribution in [2.45, 2.75) is 13.0 Å². The van der Waals surface area contributed by atoms with E-state index < -0.39 is 11.9 Å². The molecule has 1 aliphatic heterocycles. The lowest BCUT2D eigenvalue weighted by molar-refractivity contribution is -0.167. The number of esters is 2. The third kappa shape index (κ3) is 2.24. The molecule has 0 radical (unpaired) electrons. The first kappa shape index (κ1) is 10.3. The minimum absolute atomic E-state index is 0.0769. The molecule has 1 fully saturated rings. The molecule has 1 aromatic rings. The van der Waals surface area contributed by atoms with Gasteiger partial charge in [0.1, 0.15) is 0 Å². The van der Waals surface area contributed by atoms with Gasteiger partial charge in [0, 0.05) is 6.04 Å². The maximum absolute atomic E-state index is 11.1. The number of hydrogen-bond acceptors (Lipinski definition) is 5. The van der Waals surface area contributed by atoms with E-state index in [0.29, 0.717) is 0 Å². The van der Waals surface area contributed by atoms with Gasteiger partial charge in [-0.05, 0) is 29.3 Å². The van der Waals surface area contributed by atoms with Crippen molar-refractivity contribution in [3.05, 3.63) is 22.4 Å². The number of rotatable bonds is 2. The highest BCUT2D eigenvalue weighted by molar-refractivity contribution is 7.07. The SMILES string of the molecule is CC(c1ccsc1)N1CC(=O)OC(=O)C1. The second-order valence-corrected chi connectivity index (χ2v) is 4.26. The Hall–Kier alpha value is -1.20. The third-order valence-electron chi connectivity index (χ3n) is 2.47. The maximum atomic E-state index is 11.1. The topological polar surface area (TPSA) is 46.6 Å². The van der Waals surface area contributed by atoms with Gasteiger partial charge in [0.2, 0.25) is 0 Å². The molecule has 1 aromatic heterocycles. The van der Waals surface area contributed by atoms with E-state index in [2.05, 4.69) is 4.74 Å². The van der Waals surface area contributed by atoms with Gasteiger partial charge in [-0.25, -0.2) is 0 Å². The number of nitrogens with zero attached hydrogens (tertiary/aromatic N) is 1. The molecular weight excluding hydrogens is 214 g/mol. The van der Waals surface area contributed by atoms with E-state index in [1.165, 1.54) is 0 Å². The summed E-state index contributed by atoms with van der Waals surface area (Å²) in [6.45, 7) is 2.35. The predicted octanol–water partition coefficient (Wildman–Crippen LogP) is 1.19. The number of morpholine rings is 1. The zero-order valence-electron chi connectivity index (χ0n) is 8.30. The zero-order valence-corrected chi connectivity index (χ0v) is 9.12. The van der Waals surface area contributed by atoms with Crippen LogP contribution in [-0.4, -0.2) is 29.9 Å². The lowest BCUT2D eigenvalue weighted by Crippen LogP contribution is -2.43. The molecule has 1 aliphatic rings. The Morgan fingerprint density at radius 1 is 1.40 bits per heavy atom. The van der Waals surface area contributed by atoms with Crippen molar-refractivity contribution in [3.8, 4) is 0 Å². The van der Waals surface area contributed by atoms with E-state index in [1.54, 1.807) is 11.3 Å². The standard InChI is InChI=1S/C10H11NO3S/c1-7(8-2-3-15-6-8)11-4-9(12)14-10(13)5-11/h2-3,6-7H,4-5H2,1H3. The largest absolute Gasteiger partial charge is 0.391 e. The highest BCUT2D eigenvalue weighted by Crippen LogP contribution is 2.23. The summed E-state index contributed by atoms with van der Waals surface area (Å²) in [4.78, 5) is 24.0. The summed E-state index contributed by atoms with van der Waals surface area (Å²) in [6, 6.07) is 2.08. The van der Waals surface area contributed by atoms with Crippen LogP contribution in [0.25, 0.3) is 0 Å². The van der Waals surface area contributed by atoms with Crippen LogP contribution in [0, 0.1) is 0 Å². The molecule has 0 N–H and O–H groups in total. The fourth-order valence-electron chi connectivity index (χ4n) is 1.58. The van der Waals surface area contributed by atoms with E-state index in [-0.39, 0.29) is 19.1 Å². The Balaban J connectivity index is 2.10.